The number of halogens is 3. The van der Waals surface area contributed by atoms with Gasteiger partial charge in [0.2, 0.25) is 0 Å². The normalized spacial score (nSPS) is 27.5. The predicted molar refractivity (Wildman–Crippen MR) is 63.3 cm³/mol. The second-order valence-electron chi connectivity index (χ2n) is 4.58. The van der Waals surface area contributed by atoms with E-state index < -0.39 is 11.5 Å². The maximum absolute atomic E-state index is 13.1. The highest BCUT2D eigenvalue weighted by atomic mass is 35.5. The molecule has 2 rings (SSSR count). The van der Waals surface area contributed by atoms with Crippen molar-refractivity contribution in [1.29, 1.82) is 0 Å². The molecule has 1 unspecified atom stereocenters. The van der Waals surface area contributed by atoms with Gasteiger partial charge in [0.05, 0.1) is 6.54 Å². The first-order chi connectivity index (χ1) is 6.91. The highest BCUT2D eigenvalue weighted by Crippen LogP contribution is 2.38. The number of rotatable bonds is 1. The molecule has 1 atom stereocenters. The second kappa shape index (κ2) is 4.30. The van der Waals surface area contributed by atoms with E-state index >= 15 is 0 Å². The molecule has 4 heteroatoms. The van der Waals surface area contributed by atoms with Crippen molar-refractivity contribution >= 4 is 12.4 Å². The van der Waals surface area contributed by atoms with E-state index in [9.17, 15) is 8.78 Å². The van der Waals surface area contributed by atoms with E-state index in [0.29, 0.717) is 0 Å². The van der Waals surface area contributed by atoms with Crippen LogP contribution in [0.5, 0.6) is 0 Å². The van der Waals surface area contributed by atoms with Crippen LogP contribution in [-0.4, -0.2) is 12.5 Å². The number of hydrogen-bond donors (Lipinski definition) is 1. The molecule has 1 N–H and O–H groups in total. The molecule has 0 radical (unpaired) electrons. The number of hydrogen-bond acceptors (Lipinski definition) is 1. The maximum atomic E-state index is 13.1. The van der Waals surface area contributed by atoms with Crippen molar-refractivity contribution in [2.45, 2.75) is 31.7 Å². The summed E-state index contributed by atoms with van der Waals surface area (Å²) in [5.74, 6) is -2.58. The third-order valence-electron chi connectivity index (χ3n) is 3.04. The predicted octanol–water partition coefficient (Wildman–Crippen LogP) is 3.26. The zero-order valence-electron chi connectivity index (χ0n) is 9.39. The molecule has 1 aliphatic heterocycles. The minimum atomic E-state index is -2.58. The molecular weight excluding hydrogens is 232 g/mol. The lowest BCUT2D eigenvalue weighted by Gasteiger charge is -2.24. The van der Waals surface area contributed by atoms with Crippen LogP contribution in [0.2, 0.25) is 0 Å². The van der Waals surface area contributed by atoms with Crippen LogP contribution in [0, 0.1) is 6.92 Å². The average molecular weight is 248 g/mol. The molecule has 1 saturated heterocycles. The Balaban J connectivity index is 0.00000128. The minimum absolute atomic E-state index is 0. The van der Waals surface area contributed by atoms with Gasteiger partial charge in [0.25, 0.3) is 5.92 Å². The quantitative estimate of drug-likeness (QED) is 0.803. The zero-order valence-corrected chi connectivity index (χ0v) is 10.2. The Morgan fingerprint density at radius 1 is 1.19 bits per heavy atom. The molecule has 0 aliphatic carbocycles. The van der Waals surface area contributed by atoms with Crippen LogP contribution in [-0.2, 0) is 5.54 Å². The Bertz CT molecular complexity index is 364. The summed E-state index contributed by atoms with van der Waals surface area (Å²) < 4.78 is 26.3. The van der Waals surface area contributed by atoms with Gasteiger partial charge in [0.1, 0.15) is 0 Å². The Morgan fingerprint density at radius 3 is 2.19 bits per heavy atom. The van der Waals surface area contributed by atoms with Gasteiger partial charge in [0, 0.05) is 12.0 Å². The van der Waals surface area contributed by atoms with Gasteiger partial charge in [-0.25, -0.2) is 8.78 Å². The number of alkyl halides is 2. The van der Waals surface area contributed by atoms with Crippen LogP contribution in [0.25, 0.3) is 0 Å². The molecule has 1 aromatic carbocycles. The fourth-order valence-corrected chi connectivity index (χ4v) is 2.09. The third kappa shape index (κ3) is 2.53. The molecule has 90 valence electrons. The van der Waals surface area contributed by atoms with Crippen LogP contribution < -0.4 is 5.32 Å². The fourth-order valence-electron chi connectivity index (χ4n) is 2.09. The van der Waals surface area contributed by atoms with Crippen molar-refractivity contribution in [1.82, 2.24) is 5.32 Å². The Morgan fingerprint density at radius 2 is 1.75 bits per heavy atom. The van der Waals surface area contributed by atoms with Gasteiger partial charge < -0.3 is 5.32 Å². The van der Waals surface area contributed by atoms with Crippen LogP contribution in [0.3, 0.4) is 0 Å². The van der Waals surface area contributed by atoms with E-state index in [4.69, 9.17) is 0 Å². The summed E-state index contributed by atoms with van der Waals surface area (Å²) in [4.78, 5) is 0. The largest absolute Gasteiger partial charge is 0.302 e. The summed E-state index contributed by atoms with van der Waals surface area (Å²) in [5, 5.41) is 2.91. The molecule has 1 nitrogen and oxygen atoms in total. The molecule has 0 saturated carbocycles. The molecule has 0 amide bonds. The van der Waals surface area contributed by atoms with Gasteiger partial charge >= 0.3 is 0 Å². The number of nitrogens with one attached hydrogen (secondary N) is 1. The summed E-state index contributed by atoms with van der Waals surface area (Å²) >= 11 is 0. The number of aryl methyl sites for hydroxylation is 1. The average Bonchev–Trinajstić information content (AvgIpc) is 2.43. The molecule has 0 aromatic heterocycles. The highest BCUT2D eigenvalue weighted by molar-refractivity contribution is 5.85. The molecule has 1 aromatic rings. The van der Waals surface area contributed by atoms with Gasteiger partial charge in [-0.2, -0.15) is 0 Å². The van der Waals surface area contributed by atoms with E-state index in [1.807, 2.05) is 38.1 Å². The highest BCUT2D eigenvalue weighted by Gasteiger charge is 2.47. The van der Waals surface area contributed by atoms with Crippen molar-refractivity contribution < 1.29 is 8.78 Å². The Kier molecular flexibility index (Phi) is 3.60. The molecule has 1 fully saturated rings. The first-order valence-electron chi connectivity index (χ1n) is 5.11. The van der Waals surface area contributed by atoms with E-state index in [1.165, 1.54) is 0 Å². The summed E-state index contributed by atoms with van der Waals surface area (Å²) in [6, 6.07) is 7.75. The maximum Gasteiger partial charge on any atom is 0.262 e. The molecule has 1 heterocycles. The van der Waals surface area contributed by atoms with Gasteiger partial charge in [0.15, 0.2) is 0 Å². The van der Waals surface area contributed by atoms with Crippen molar-refractivity contribution in [2.24, 2.45) is 0 Å². The van der Waals surface area contributed by atoms with E-state index in [1.54, 1.807) is 0 Å². The van der Waals surface area contributed by atoms with Crippen molar-refractivity contribution in [3.63, 3.8) is 0 Å². The van der Waals surface area contributed by atoms with Crippen molar-refractivity contribution in [3.8, 4) is 0 Å². The van der Waals surface area contributed by atoms with Gasteiger partial charge in [-0.1, -0.05) is 29.8 Å². The van der Waals surface area contributed by atoms with Crippen LogP contribution in [0.1, 0.15) is 24.5 Å². The van der Waals surface area contributed by atoms with Crippen LogP contribution >= 0.6 is 12.4 Å². The smallest absolute Gasteiger partial charge is 0.262 e. The molecule has 16 heavy (non-hydrogen) atoms. The second-order valence-corrected chi connectivity index (χ2v) is 4.58. The van der Waals surface area contributed by atoms with E-state index in [2.05, 4.69) is 5.32 Å². The molecule has 1 aliphatic rings. The molecular formula is C12H16ClF2N. The van der Waals surface area contributed by atoms with E-state index in [-0.39, 0.29) is 25.4 Å². The van der Waals surface area contributed by atoms with Crippen LogP contribution in [0.4, 0.5) is 8.78 Å². The topological polar surface area (TPSA) is 12.0 Å². The first kappa shape index (κ1) is 13.4. The molecule has 0 bridgehead atoms. The van der Waals surface area contributed by atoms with Gasteiger partial charge in [-0.3, -0.25) is 0 Å². The summed E-state index contributed by atoms with van der Waals surface area (Å²) in [6.45, 7) is 3.60. The minimum Gasteiger partial charge on any atom is -0.302 e. The monoisotopic (exact) mass is 247 g/mol. The Hall–Kier alpha value is -0.670. The van der Waals surface area contributed by atoms with Gasteiger partial charge in [-0.05, 0) is 19.4 Å². The van der Waals surface area contributed by atoms with Crippen molar-refractivity contribution in [3.05, 3.63) is 35.4 Å². The third-order valence-corrected chi connectivity index (χ3v) is 3.04. The lowest BCUT2D eigenvalue weighted by atomic mass is 9.89. The van der Waals surface area contributed by atoms with Gasteiger partial charge in [-0.15, -0.1) is 12.4 Å². The lowest BCUT2D eigenvalue weighted by Crippen LogP contribution is -2.32. The van der Waals surface area contributed by atoms with Crippen LogP contribution in [0.15, 0.2) is 24.3 Å². The summed E-state index contributed by atoms with van der Waals surface area (Å²) in [6.07, 6.45) is -0.122. The van der Waals surface area contributed by atoms with Crippen molar-refractivity contribution in [2.75, 3.05) is 6.54 Å². The Labute approximate surface area is 101 Å². The summed E-state index contributed by atoms with van der Waals surface area (Å²) in [5.41, 5.74) is 1.49. The first-order valence-corrected chi connectivity index (χ1v) is 5.11. The SMILES string of the molecule is Cc1ccc(C2(C)CC(F)(F)CN2)cc1.Cl. The fraction of sp³-hybridized carbons (Fsp3) is 0.500. The molecule has 0 spiro atoms. The number of benzene rings is 1. The summed E-state index contributed by atoms with van der Waals surface area (Å²) in [7, 11) is 0. The standard InChI is InChI=1S/C12H15F2N.ClH/c1-9-3-5-10(6-4-9)11(2)7-12(13,14)8-15-11;/h3-6,15H,7-8H2,1-2H3;1H. The zero-order chi connectivity index (χ0) is 11.1. The lowest BCUT2D eigenvalue weighted by molar-refractivity contribution is 0.0165. The van der Waals surface area contributed by atoms with E-state index in [0.717, 1.165) is 11.1 Å².